The number of carbonyl (C=O) groups excluding carboxylic acids is 3. The van der Waals surface area contributed by atoms with Gasteiger partial charge in [-0.3, -0.25) is 20.2 Å². The normalized spacial score (nSPS) is 14.3. The maximum Gasteiger partial charge on any atom is 0.339 e. The van der Waals surface area contributed by atoms with Gasteiger partial charge in [-0.25, -0.2) is 4.79 Å². The van der Waals surface area contributed by atoms with E-state index >= 15 is 0 Å². The third-order valence-electron chi connectivity index (χ3n) is 4.38. The van der Waals surface area contributed by atoms with Crippen LogP contribution in [0.2, 0.25) is 0 Å². The minimum Gasteiger partial charge on any atom is -0.378 e. The molecule has 0 spiro atoms. The Morgan fingerprint density at radius 2 is 1.40 bits per heavy atom. The van der Waals surface area contributed by atoms with Gasteiger partial charge in [0.1, 0.15) is 16.2 Å². The molecule has 4 rings (SSSR count). The molecule has 1 aliphatic rings. The zero-order chi connectivity index (χ0) is 21.3. The second-order valence-electron chi connectivity index (χ2n) is 6.35. The molecule has 0 aliphatic carbocycles. The molecule has 0 bridgehead atoms. The van der Waals surface area contributed by atoms with E-state index in [1.54, 1.807) is 48.5 Å². The highest BCUT2D eigenvalue weighted by atomic mass is 32.2. The first kappa shape index (κ1) is 19.3. The highest BCUT2D eigenvalue weighted by Gasteiger charge is 2.28. The number of imide groups is 2. The number of rotatable bonds is 4. The van der Waals surface area contributed by atoms with Crippen LogP contribution < -0.4 is 14.8 Å². The molecule has 30 heavy (non-hydrogen) atoms. The van der Waals surface area contributed by atoms with E-state index in [0.29, 0.717) is 5.39 Å². The average Bonchev–Trinajstić information content (AvgIpc) is 2.71. The van der Waals surface area contributed by atoms with Crippen LogP contribution in [-0.4, -0.2) is 26.3 Å². The van der Waals surface area contributed by atoms with E-state index < -0.39 is 28.0 Å². The summed E-state index contributed by atoms with van der Waals surface area (Å²) in [5.41, 5.74) is -0.177. The summed E-state index contributed by atoms with van der Waals surface area (Å²) < 4.78 is 31.3. The zero-order valence-corrected chi connectivity index (χ0v) is 16.1. The summed E-state index contributed by atoms with van der Waals surface area (Å²) in [6.45, 7) is 0. The van der Waals surface area contributed by atoms with Gasteiger partial charge in [-0.15, -0.1) is 0 Å². The van der Waals surface area contributed by atoms with Gasteiger partial charge in [0.2, 0.25) is 0 Å². The predicted molar refractivity (Wildman–Crippen MR) is 108 cm³/mol. The Kier molecular flexibility index (Phi) is 4.80. The van der Waals surface area contributed by atoms with Crippen molar-refractivity contribution >= 4 is 44.8 Å². The average molecular weight is 422 g/mol. The minimum absolute atomic E-state index is 0.0122. The van der Waals surface area contributed by atoms with E-state index in [1.807, 2.05) is 10.6 Å². The molecular weight excluding hydrogens is 408 g/mol. The number of hydrogen-bond donors (Lipinski definition) is 2. The summed E-state index contributed by atoms with van der Waals surface area (Å²) in [5, 5.41) is 5.15. The number of barbiturate groups is 1. The molecule has 9 heteroatoms. The van der Waals surface area contributed by atoms with Crippen molar-refractivity contribution in [2.75, 3.05) is 0 Å². The van der Waals surface area contributed by atoms with Crippen molar-refractivity contribution in [1.29, 1.82) is 0 Å². The zero-order valence-electron chi connectivity index (χ0n) is 15.3. The van der Waals surface area contributed by atoms with E-state index in [9.17, 15) is 22.8 Å². The van der Waals surface area contributed by atoms with Gasteiger partial charge in [-0.2, -0.15) is 8.42 Å². The van der Waals surface area contributed by atoms with Crippen LogP contribution in [0.5, 0.6) is 5.75 Å². The van der Waals surface area contributed by atoms with E-state index in [-0.39, 0.29) is 21.8 Å². The van der Waals surface area contributed by atoms with E-state index in [0.717, 1.165) is 11.5 Å². The van der Waals surface area contributed by atoms with Crippen LogP contribution in [0.4, 0.5) is 4.79 Å². The smallest absolute Gasteiger partial charge is 0.339 e. The molecule has 1 fully saturated rings. The Morgan fingerprint density at radius 1 is 0.767 bits per heavy atom. The van der Waals surface area contributed by atoms with E-state index in [4.69, 9.17) is 4.18 Å². The molecule has 0 unspecified atom stereocenters. The fourth-order valence-corrected chi connectivity index (χ4v) is 4.19. The molecule has 4 amide bonds. The lowest BCUT2D eigenvalue weighted by atomic mass is 10.1. The van der Waals surface area contributed by atoms with Crippen molar-refractivity contribution in [2.24, 2.45) is 0 Å². The van der Waals surface area contributed by atoms with Crippen molar-refractivity contribution < 1.29 is 27.0 Å². The summed E-state index contributed by atoms with van der Waals surface area (Å²) in [6, 6.07) is 16.9. The second-order valence-corrected chi connectivity index (χ2v) is 7.86. The monoisotopic (exact) mass is 422 g/mol. The lowest BCUT2D eigenvalue weighted by Gasteiger charge is -2.15. The van der Waals surface area contributed by atoms with Crippen molar-refractivity contribution in [1.82, 2.24) is 10.6 Å². The lowest BCUT2D eigenvalue weighted by Crippen LogP contribution is -2.51. The highest BCUT2D eigenvalue weighted by Crippen LogP contribution is 2.29. The van der Waals surface area contributed by atoms with Gasteiger partial charge in [0, 0.05) is 10.9 Å². The van der Waals surface area contributed by atoms with Crippen molar-refractivity contribution in [3.8, 4) is 5.75 Å². The largest absolute Gasteiger partial charge is 0.378 e. The molecule has 2 N–H and O–H groups in total. The topological polar surface area (TPSA) is 119 Å². The van der Waals surface area contributed by atoms with Crippen LogP contribution in [0.1, 0.15) is 5.56 Å². The van der Waals surface area contributed by atoms with Crippen LogP contribution in [0.15, 0.2) is 77.2 Å². The van der Waals surface area contributed by atoms with Crippen molar-refractivity contribution in [2.45, 2.75) is 4.90 Å². The van der Waals surface area contributed by atoms with E-state index in [2.05, 4.69) is 0 Å². The number of carbonyl (C=O) groups is 3. The van der Waals surface area contributed by atoms with E-state index in [1.165, 1.54) is 18.2 Å². The third-order valence-corrected chi connectivity index (χ3v) is 5.67. The number of benzene rings is 3. The van der Waals surface area contributed by atoms with Gasteiger partial charge in [-0.05, 0) is 23.6 Å². The maximum atomic E-state index is 13.0. The van der Waals surface area contributed by atoms with Gasteiger partial charge >= 0.3 is 16.1 Å². The fourth-order valence-electron chi connectivity index (χ4n) is 3.01. The molecule has 0 aromatic heterocycles. The van der Waals surface area contributed by atoms with Crippen LogP contribution in [0.25, 0.3) is 16.8 Å². The summed E-state index contributed by atoms with van der Waals surface area (Å²) in [5.74, 6) is -1.86. The molecule has 8 nitrogen and oxygen atoms in total. The Balaban J connectivity index is 1.74. The van der Waals surface area contributed by atoms with Crippen molar-refractivity contribution in [3.05, 3.63) is 77.9 Å². The van der Waals surface area contributed by atoms with Crippen LogP contribution in [0.3, 0.4) is 0 Å². The molecule has 1 aliphatic heterocycles. The Morgan fingerprint density at radius 3 is 2.17 bits per heavy atom. The summed E-state index contributed by atoms with van der Waals surface area (Å²) >= 11 is 0. The summed E-state index contributed by atoms with van der Waals surface area (Å²) in [6.07, 6.45) is 1.16. The van der Waals surface area contributed by atoms with Gasteiger partial charge in [0.05, 0.1) is 0 Å². The molecule has 0 radical (unpaired) electrons. The summed E-state index contributed by atoms with van der Waals surface area (Å²) in [7, 11) is -4.22. The summed E-state index contributed by atoms with van der Waals surface area (Å²) in [4.78, 5) is 35.1. The van der Waals surface area contributed by atoms with Crippen molar-refractivity contribution in [3.63, 3.8) is 0 Å². The molecule has 1 saturated heterocycles. The fraction of sp³-hybridized carbons (Fsp3) is 0. The van der Waals surface area contributed by atoms with Crippen LogP contribution in [-0.2, 0) is 19.7 Å². The number of fused-ring (bicyclic) bond motifs is 1. The quantitative estimate of drug-likeness (QED) is 0.379. The first-order chi connectivity index (χ1) is 14.3. The minimum atomic E-state index is -4.22. The maximum absolute atomic E-state index is 13.0. The number of amides is 4. The molecule has 3 aromatic carbocycles. The van der Waals surface area contributed by atoms with Gasteiger partial charge in [0.15, 0.2) is 0 Å². The predicted octanol–water partition coefficient (Wildman–Crippen LogP) is 2.36. The first-order valence-electron chi connectivity index (χ1n) is 8.75. The Hall–Kier alpha value is -3.98. The standard InChI is InChI=1S/C21H14N2O6S/c24-19-16(20(25)23-21(26)22-19)12-14-7-2-4-10-17(14)29-30(27,28)18-11-5-8-13-6-1-3-9-15(13)18/h1-12H,(H2,22,23,24,25,26). The SMILES string of the molecule is O=C1NC(=O)C(=Cc2ccccc2OS(=O)(=O)c2cccc3ccccc23)C(=O)N1. The molecular formula is C21H14N2O6S. The molecule has 3 aromatic rings. The second kappa shape index (κ2) is 7.45. The molecule has 0 saturated carbocycles. The number of nitrogens with one attached hydrogen (secondary N) is 2. The molecule has 0 atom stereocenters. The van der Waals surface area contributed by atoms with Gasteiger partial charge in [0.25, 0.3) is 11.8 Å². The Bertz CT molecular complexity index is 1320. The number of hydrogen-bond acceptors (Lipinski definition) is 6. The van der Waals surface area contributed by atoms with Crippen LogP contribution >= 0.6 is 0 Å². The number of para-hydroxylation sites is 1. The molecule has 1 heterocycles. The number of urea groups is 1. The first-order valence-corrected chi connectivity index (χ1v) is 10.2. The highest BCUT2D eigenvalue weighted by molar-refractivity contribution is 7.87. The van der Waals surface area contributed by atoms with Gasteiger partial charge in [-0.1, -0.05) is 54.6 Å². The molecule has 150 valence electrons. The third kappa shape index (κ3) is 3.65. The lowest BCUT2D eigenvalue weighted by molar-refractivity contribution is -0.123. The Labute approximate surface area is 171 Å². The van der Waals surface area contributed by atoms with Gasteiger partial charge < -0.3 is 4.18 Å². The van der Waals surface area contributed by atoms with Crippen LogP contribution in [0, 0.1) is 0 Å².